The normalized spacial score (nSPS) is 13.5. The van der Waals surface area contributed by atoms with Gasteiger partial charge in [-0.1, -0.05) is 0 Å². The van der Waals surface area contributed by atoms with Crippen molar-refractivity contribution in [1.29, 1.82) is 5.26 Å². The van der Waals surface area contributed by atoms with E-state index in [1.165, 1.54) is 6.07 Å². The van der Waals surface area contributed by atoms with Gasteiger partial charge in [-0.3, -0.25) is 4.79 Å². The number of hydrogen-bond acceptors (Lipinski definition) is 5. The van der Waals surface area contributed by atoms with Crippen molar-refractivity contribution in [3.05, 3.63) is 35.1 Å². The van der Waals surface area contributed by atoms with Crippen molar-refractivity contribution >= 4 is 5.97 Å². The van der Waals surface area contributed by atoms with Gasteiger partial charge in [-0.2, -0.15) is 5.26 Å². The van der Waals surface area contributed by atoms with Gasteiger partial charge in [-0.15, -0.1) is 0 Å². The van der Waals surface area contributed by atoms with Crippen LogP contribution in [0.25, 0.3) is 0 Å². The number of esters is 1. The lowest BCUT2D eigenvalue weighted by atomic mass is 9.97. The van der Waals surface area contributed by atoms with Crippen LogP contribution in [-0.4, -0.2) is 29.4 Å². The molecule has 0 aliphatic carbocycles. The fraction of sp³-hybridized carbons (Fsp3) is 0.333. The summed E-state index contributed by atoms with van der Waals surface area (Å²) in [5.41, 5.74) is -0.0262. The van der Waals surface area contributed by atoms with Crippen LogP contribution in [0.2, 0.25) is 0 Å². The van der Waals surface area contributed by atoms with Crippen LogP contribution in [0.5, 0.6) is 0 Å². The molecule has 0 radical (unpaired) electrons. The topological polar surface area (TPSA) is 90.6 Å². The lowest BCUT2D eigenvalue weighted by Gasteiger charge is -2.18. The summed E-state index contributed by atoms with van der Waals surface area (Å²) in [7, 11) is 1.14. The smallest absolute Gasteiger partial charge is 0.308 e. The second-order valence-electron chi connectivity index (χ2n) is 3.64. The number of aliphatic hydroxyl groups is 2. The second kappa shape index (κ2) is 6.10. The molecule has 0 aromatic heterocycles. The maximum Gasteiger partial charge on any atom is 0.308 e. The van der Waals surface area contributed by atoms with Crippen LogP contribution < -0.4 is 0 Å². The lowest BCUT2D eigenvalue weighted by molar-refractivity contribution is -0.144. The van der Waals surface area contributed by atoms with E-state index < -0.39 is 30.4 Å². The van der Waals surface area contributed by atoms with E-state index in [1.54, 1.807) is 6.07 Å². The summed E-state index contributed by atoms with van der Waals surface area (Å²) in [5, 5.41) is 28.2. The molecule has 0 spiro atoms. The highest BCUT2D eigenvalue weighted by atomic mass is 19.1. The van der Waals surface area contributed by atoms with Gasteiger partial charge in [-0.05, 0) is 18.2 Å². The number of methoxy groups -OCH3 is 1. The predicted molar refractivity (Wildman–Crippen MR) is 58.7 cm³/mol. The molecule has 0 heterocycles. The Balaban J connectivity index is 2.96. The van der Waals surface area contributed by atoms with Gasteiger partial charge in [0, 0.05) is 5.56 Å². The van der Waals surface area contributed by atoms with Gasteiger partial charge in [-0.25, -0.2) is 4.39 Å². The number of hydrogen-bond donors (Lipinski definition) is 2. The number of nitriles is 1. The molecule has 1 rings (SSSR count). The van der Waals surface area contributed by atoms with E-state index in [-0.39, 0.29) is 11.1 Å². The molecular weight excluding hydrogens is 241 g/mol. The van der Waals surface area contributed by atoms with Crippen LogP contribution in [0.15, 0.2) is 18.2 Å². The maximum atomic E-state index is 13.0. The fourth-order valence-corrected chi connectivity index (χ4v) is 1.45. The van der Waals surface area contributed by atoms with Crippen molar-refractivity contribution < 1.29 is 24.1 Å². The number of aliphatic hydroxyl groups excluding tert-OH is 2. The molecule has 0 saturated carbocycles. The van der Waals surface area contributed by atoms with E-state index >= 15 is 0 Å². The Kier molecular flexibility index (Phi) is 4.77. The Morgan fingerprint density at radius 2 is 2.22 bits per heavy atom. The van der Waals surface area contributed by atoms with Crippen LogP contribution in [0.1, 0.15) is 23.7 Å². The van der Waals surface area contributed by atoms with Crippen molar-refractivity contribution in [3.8, 4) is 6.07 Å². The van der Waals surface area contributed by atoms with Crippen molar-refractivity contribution in [3.63, 3.8) is 0 Å². The fourth-order valence-electron chi connectivity index (χ4n) is 1.45. The van der Waals surface area contributed by atoms with E-state index in [0.717, 1.165) is 19.2 Å². The molecule has 0 fully saturated rings. The molecule has 5 nitrogen and oxygen atoms in total. The van der Waals surface area contributed by atoms with E-state index in [0.29, 0.717) is 0 Å². The minimum Gasteiger partial charge on any atom is -0.469 e. The highest BCUT2D eigenvalue weighted by Gasteiger charge is 2.24. The maximum absolute atomic E-state index is 13.0. The Hall–Kier alpha value is -1.97. The van der Waals surface area contributed by atoms with E-state index in [1.807, 2.05) is 0 Å². The van der Waals surface area contributed by atoms with E-state index in [9.17, 15) is 19.4 Å². The van der Waals surface area contributed by atoms with E-state index in [4.69, 9.17) is 5.26 Å². The van der Waals surface area contributed by atoms with Gasteiger partial charge in [0.05, 0.1) is 31.3 Å². The lowest BCUT2D eigenvalue weighted by Crippen LogP contribution is -2.23. The van der Waals surface area contributed by atoms with Crippen LogP contribution in [0.4, 0.5) is 4.39 Å². The molecule has 6 heteroatoms. The number of carbonyl (C=O) groups is 1. The van der Waals surface area contributed by atoms with Gasteiger partial charge < -0.3 is 14.9 Å². The first-order chi connectivity index (χ1) is 8.49. The Morgan fingerprint density at radius 3 is 2.78 bits per heavy atom. The zero-order valence-electron chi connectivity index (χ0n) is 9.63. The summed E-state index contributed by atoms with van der Waals surface area (Å²) in [6, 6.07) is 4.98. The van der Waals surface area contributed by atoms with Gasteiger partial charge in [0.15, 0.2) is 0 Å². The van der Waals surface area contributed by atoms with Crippen molar-refractivity contribution in [2.24, 2.45) is 0 Å². The van der Waals surface area contributed by atoms with Crippen LogP contribution in [-0.2, 0) is 9.53 Å². The standard InChI is InChI=1S/C12H12FNO4/c1-18-11(16)5-10(15)12(17)9-4-8(13)3-2-7(9)6-14/h2-4,10,12,15,17H,5H2,1H3. The van der Waals surface area contributed by atoms with Crippen molar-refractivity contribution in [2.45, 2.75) is 18.6 Å². The largest absolute Gasteiger partial charge is 0.469 e. The SMILES string of the molecule is COC(=O)CC(O)C(O)c1cc(F)ccc1C#N. The molecule has 0 bridgehead atoms. The molecule has 1 aromatic rings. The monoisotopic (exact) mass is 253 g/mol. The molecule has 2 unspecified atom stereocenters. The third-order valence-corrected chi connectivity index (χ3v) is 2.42. The van der Waals surface area contributed by atoms with E-state index in [2.05, 4.69) is 4.74 Å². The number of benzene rings is 1. The van der Waals surface area contributed by atoms with Gasteiger partial charge in [0.25, 0.3) is 0 Å². The molecule has 96 valence electrons. The average molecular weight is 253 g/mol. The van der Waals surface area contributed by atoms with Gasteiger partial charge in [0.1, 0.15) is 11.9 Å². The minimum atomic E-state index is -1.53. The number of halogens is 1. The molecule has 1 aromatic carbocycles. The molecule has 0 aliphatic rings. The highest BCUT2D eigenvalue weighted by Crippen LogP contribution is 2.23. The van der Waals surface area contributed by atoms with Crippen LogP contribution in [0, 0.1) is 17.1 Å². The average Bonchev–Trinajstić information content (AvgIpc) is 2.37. The molecular formula is C12H12FNO4. The number of nitrogens with zero attached hydrogens (tertiary/aromatic N) is 1. The third kappa shape index (κ3) is 3.26. The molecule has 0 aliphatic heterocycles. The van der Waals surface area contributed by atoms with Crippen LogP contribution in [0.3, 0.4) is 0 Å². The second-order valence-corrected chi connectivity index (χ2v) is 3.64. The summed E-state index contributed by atoms with van der Waals surface area (Å²) >= 11 is 0. The Bertz CT molecular complexity index is 483. The number of rotatable bonds is 4. The quantitative estimate of drug-likeness (QED) is 0.769. The third-order valence-electron chi connectivity index (χ3n) is 2.42. The van der Waals surface area contributed by atoms with Crippen LogP contribution >= 0.6 is 0 Å². The number of carbonyl (C=O) groups excluding carboxylic acids is 1. The highest BCUT2D eigenvalue weighted by molar-refractivity contribution is 5.69. The molecule has 2 N–H and O–H groups in total. The Morgan fingerprint density at radius 1 is 1.56 bits per heavy atom. The van der Waals surface area contributed by atoms with Crippen molar-refractivity contribution in [2.75, 3.05) is 7.11 Å². The zero-order valence-corrected chi connectivity index (χ0v) is 9.63. The predicted octanol–water partition coefficient (Wildman–Crippen LogP) is 0.655. The summed E-state index contributed by atoms with van der Waals surface area (Å²) < 4.78 is 17.4. The molecule has 18 heavy (non-hydrogen) atoms. The minimum absolute atomic E-state index is 0.0350. The van der Waals surface area contributed by atoms with Gasteiger partial charge >= 0.3 is 5.97 Å². The summed E-state index contributed by atoms with van der Waals surface area (Å²) in [4.78, 5) is 10.9. The Labute approximate surface area is 103 Å². The summed E-state index contributed by atoms with van der Waals surface area (Å²) in [5.74, 6) is -1.36. The number of ether oxygens (including phenoxy) is 1. The zero-order chi connectivity index (χ0) is 13.7. The molecule has 0 amide bonds. The first-order valence-electron chi connectivity index (χ1n) is 5.12. The summed E-state index contributed by atoms with van der Waals surface area (Å²) in [6.07, 6.45) is -3.44. The van der Waals surface area contributed by atoms with Crippen molar-refractivity contribution in [1.82, 2.24) is 0 Å². The molecule has 2 atom stereocenters. The first kappa shape index (κ1) is 14.1. The molecule has 0 saturated heterocycles. The van der Waals surface area contributed by atoms with Gasteiger partial charge in [0.2, 0.25) is 0 Å². The summed E-state index contributed by atoms with van der Waals surface area (Å²) in [6.45, 7) is 0. The first-order valence-corrected chi connectivity index (χ1v) is 5.12.